The lowest BCUT2D eigenvalue weighted by atomic mass is 10.1. The third-order valence-electron chi connectivity index (χ3n) is 3.63. The van der Waals surface area contributed by atoms with Crippen molar-refractivity contribution in [2.75, 3.05) is 13.1 Å². The van der Waals surface area contributed by atoms with Gasteiger partial charge in [-0.2, -0.15) is 4.98 Å². The highest BCUT2D eigenvalue weighted by atomic mass is 16.5. The van der Waals surface area contributed by atoms with Gasteiger partial charge in [0.05, 0.1) is 18.8 Å². The van der Waals surface area contributed by atoms with Gasteiger partial charge in [-0.05, 0) is 13.8 Å². The Bertz CT molecular complexity index is 628. The number of aromatic nitrogens is 2. The number of hydrogen-bond donors (Lipinski definition) is 0. The third-order valence-corrected chi connectivity index (χ3v) is 3.63. The molecule has 0 aliphatic carbocycles. The van der Waals surface area contributed by atoms with Gasteiger partial charge in [0.25, 0.3) is 0 Å². The average molecular weight is 301 g/mol. The molecule has 1 fully saturated rings. The normalized spacial score (nSPS) is 22.6. The van der Waals surface area contributed by atoms with E-state index in [1.165, 1.54) is 0 Å². The van der Waals surface area contributed by atoms with E-state index in [0.717, 1.165) is 24.9 Å². The lowest BCUT2D eigenvalue weighted by Gasteiger charge is -2.34. The van der Waals surface area contributed by atoms with E-state index in [9.17, 15) is 4.79 Å². The van der Waals surface area contributed by atoms with E-state index in [0.29, 0.717) is 23.8 Å². The molecule has 1 aromatic carbocycles. The van der Waals surface area contributed by atoms with Crippen LogP contribution in [0.25, 0.3) is 11.4 Å². The minimum absolute atomic E-state index is 0.210. The fourth-order valence-electron chi connectivity index (χ4n) is 2.75. The molecular formula is C16H19N3O3. The maximum absolute atomic E-state index is 10.7. The summed E-state index contributed by atoms with van der Waals surface area (Å²) in [5.41, 5.74) is 1.47. The number of ether oxygens (including phenoxy) is 1. The molecule has 0 amide bonds. The Morgan fingerprint density at radius 2 is 1.91 bits per heavy atom. The Kier molecular flexibility index (Phi) is 4.31. The molecule has 2 heterocycles. The third kappa shape index (κ3) is 3.40. The molecule has 6 heteroatoms. The van der Waals surface area contributed by atoms with Crippen molar-refractivity contribution < 1.29 is 14.1 Å². The lowest BCUT2D eigenvalue weighted by Crippen LogP contribution is -2.44. The Hall–Kier alpha value is -2.05. The van der Waals surface area contributed by atoms with Gasteiger partial charge < -0.3 is 9.26 Å². The molecule has 0 N–H and O–H groups in total. The maximum Gasteiger partial charge on any atom is 0.241 e. The minimum Gasteiger partial charge on any atom is -0.373 e. The summed E-state index contributed by atoms with van der Waals surface area (Å²) < 4.78 is 11.0. The standard InChI is InChI=1S/C16H19N3O3/c1-11-7-19(8-12(2)21-11)9-15-17-16(18-22-15)14-5-3-13(10-20)4-6-14/h3-6,10-12H,7-9H2,1-2H3/t11-,12-/m1/s1. The Morgan fingerprint density at radius 1 is 1.23 bits per heavy atom. The van der Waals surface area contributed by atoms with Crippen LogP contribution in [0.15, 0.2) is 28.8 Å². The predicted octanol–water partition coefficient (Wildman–Crippen LogP) is 2.16. The van der Waals surface area contributed by atoms with Gasteiger partial charge in [-0.1, -0.05) is 29.4 Å². The van der Waals surface area contributed by atoms with Crippen LogP contribution in [0.4, 0.5) is 0 Å². The molecule has 1 aliphatic heterocycles. The highest BCUT2D eigenvalue weighted by Crippen LogP contribution is 2.18. The van der Waals surface area contributed by atoms with Gasteiger partial charge in [-0.25, -0.2) is 0 Å². The fourth-order valence-corrected chi connectivity index (χ4v) is 2.75. The van der Waals surface area contributed by atoms with E-state index < -0.39 is 0 Å². The van der Waals surface area contributed by atoms with Crippen molar-refractivity contribution >= 4 is 6.29 Å². The molecule has 1 saturated heterocycles. The molecule has 1 aliphatic rings. The van der Waals surface area contributed by atoms with Crippen LogP contribution in [-0.4, -0.2) is 46.6 Å². The van der Waals surface area contributed by atoms with Crippen LogP contribution in [0, 0.1) is 0 Å². The molecule has 0 spiro atoms. The second-order valence-corrected chi connectivity index (χ2v) is 5.70. The van der Waals surface area contributed by atoms with Crippen LogP contribution < -0.4 is 0 Å². The zero-order valence-electron chi connectivity index (χ0n) is 12.7. The largest absolute Gasteiger partial charge is 0.373 e. The Balaban J connectivity index is 1.69. The van der Waals surface area contributed by atoms with E-state index in [1.54, 1.807) is 12.1 Å². The first kappa shape index (κ1) is 14.9. The summed E-state index contributed by atoms with van der Waals surface area (Å²) in [5.74, 6) is 1.14. The number of carbonyl (C=O) groups is 1. The summed E-state index contributed by atoms with van der Waals surface area (Å²) in [5, 5.41) is 4.01. The van der Waals surface area contributed by atoms with Gasteiger partial charge in [0, 0.05) is 24.2 Å². The van der Waals surface area contributed by atoms with Crippen molar-refractivity contribution in [2.45, 2.75) is 32.6 Å². The van der Waals surface area contributed by atoms with Crippen molar-refractivity contribution in [3.8, 4) is 11.4 Å². The summed E-state index contributed by atoms with van der Waals surface area (Å²) in [4.78, 5) is 17.4. The highest BCUT2D eigenvalue weighted by molar-refractivity contribution is 5.76. The van der Waals surface area contributed by atoms with Gasteiger partial charge in [0.15, 0.2) is 0 Å². The summed E-state index contributed by atoms with van der Waals surface area (Å²) in [6.45, 7) is 6.47. The second-order valence-electron chi connectivity index (χ2n) is 5.70. The first-order valence-electron chi connectivity index (χ1n) is 7.40. The van der Waals surface area contributed by atoms with Crippen LogP contribution in [0.2, 0.25) is 0 Å². The number of carbonyl (C=O) groups excluding carboxylic acids is 1. The van der Waals surface area contributed by atoms with E-state index in [2.05, 4.69) is 28.9 Å². The van der Waals surface area contributed by atoms with Gasteiger partial charge in [0.2, 0.25) is 11.7 Å². The van der Waals surface area contributed by atoms with Crippen molar-refractivity contribution in [2.24, 2.45) is 0 Å². The molecule has 116 valence electrons. The Labute approximate surface area is 129 Å². The number of benzene rings is 1. The van der Waals surface area contributed by atoms with Gasteiger partial charge >= 0.3 is 0 Å². The van der Waals surface area contributed by atoms with E-state index in [-0.39, 0.29) is 12.2 Å². The zero-order valence-corrected chi connectivity index (χ0v) is 12.7. The quantitative estimate of drug-likeness (QED) is 0.806. The van der Waals surface area contributed by atoms with Gasteiger partial charge in [-0.3, -0.25) is 9.69 Å². The molecular weight excluding hydrogens is 282 g/mol. The van der Waals surface area contributed by atoms with Crippen LogP contribution in [0.3, 0.4) is 0 Å². The summed E-state index contributed by atoms with van der Waals surface area (Å²) >= 11 is 0. The van der Waals surface area contributed by atoms with E-state index in [4.69, 9.17) is 9.26 Å². The van der Waals surface area contributed by atoms with Gasteiger partial charge in [-0.15, -0.1) is 0 Å². The zero-order chi connectivity index (χ0) is 15.5. The van der Waals surface area contributed by atoms with Crippen LogP contribution in [0.5, 0.6) is 0 Å². The van der Waals surface area contributed by atoms with E-state index in [1.807, 2.05) is 12.1 Å². The van der Waals surface area contributed by atoms with Crippen molar-refractivity contribution in [1.82, 2.24) is 15.0 Å². The van der Waals surface area contributed by atoms with Crippen molar-refractivity contribution in [3.63, 3.8) is 0 Å². The average Bonchev–Trinajstić information content (AvgIpc) is 2.95. The van der Waals surface area contributed by atoms with Gasteiger partial charge in [0.1, 0.15) is 6.29 Å². The maximum atomic E-state index is 10.7. The molecule has 6 nitrogen and oxygen atoms in total. The molecule has 0 bridgehead atoms. The number of morpholine rings is 1. The fraction of sp³-hybridized carbons (Fsp3) is 0.438. The molecule has 3 rings (SSSR count). The van der Waals surface area contributed by atoms with Crippen LogP contribution in [0.1, 0.15) is 30.1 Å². The number of rotatable bonds is 4. The molecule has 1 aromatic heterocycles. The van der Waals surface area contributed by atoms with Crippen molar-refractivity contribution in [1.29, 1.82) is 0 Å². The lowest BCUT2D eigenvalue weighted by molar-refractivity contribution is -0.0725. The molecule has 2 atom stereocenters. The van der Waals surface area contributed by atoms with Crippen LogP contribution >= 0.6 is 0 Å². The molecule has 2 aromatic rings. The van der Waals surface area contributed by atoms with Crippen LogP contribution in [-0.2, 0) is 11.3 Å². The summed E-state index contributed by atoms with van der Waals surface area (Å²) in [6, 6.07) is 7.11. The number of aldehydes is 1. The predicted molar refractivity (Wildman–Crippen MR) is 80.4 cm³/mol. The topological polar surface area (TPSA) is 68.5 Å². The van der Waals surface area contributed by atoms with Crippen molar-refractivity contribution in [3.05, 3.63) is 35.7 Å². The second kappa shape index (κ2) is 6.37. The minimum atomic E-state index is 0.210. The Morgan fingerprint density at radius 3 is 2.55 bits per heavy atom. The first-order chi connectivity index (χ1) is 10.6. The first-order valence-corrected chi connectivity index (χ1v) is 7.40. The van der Waals surface area contributed by atoms with E-state index >= 15 is 0 Å². The number of nitrogens with zero attached hydrogens (tertiary/aromatic N) is 3. The summed E-state index contributed by atoms with van der Waals surface area (Å²) in [6.07, 6.45) is 1.23. The SMILES string of the molecule is C[C@@H]1CN(Cc2nc(-c3ccc(C=O)cc3)no2)C[C@@H](C)O1. The molecule has 22 heavy (non-hydrogen) atoms. The molecule has 0 saturated carbocycles. The summed E-state index contributed by atoms with van der Waals surface area (Å²) in [7, 11) is 0. The smallest absolute Gasteiger partial charge is 0.241 e. The number of hydrogen-bond acceptors (Lipinski definition) is 6. The highest BCUT2D eigenvalue weighted by Gasteiger charge is 2.23. The molecule has 0 unspecified atom stereocenters. The molecule has 0 radical (unpaired) electrons. The monoisotopic (exact) mass is 301 g/mol.